The highest BCUT2D eigenvalue weighted by Crippen LogP contribution is 2.54. The number of aryl methyl sites for hydroxylation is 2. The number of phenolic OH excluding ortho intramolecular Hbond substituents is 2. The van der Waals surface area contributed by atoms with Crippen molar-refractivity contribution >= 4 is 67.1 Å². The van der Waals surface area contributed by atoms with Crippen LogP contribution in [0.15, 0.2) is 109 Å². The molecule has 2 aliphatic rings. The first-order valence-electron chi connectivity index (χ1n) is 35.7. The van der Waals surface area contributed by atoms with E-state index in [1.165, 1.54) is 88.3 Å². The largest absolute Gasteiger partial charge is 0.505 e. The standard InChI is InChI=1S/C89H110N2O4S2/c1-52-36-66(64-38-58(88(21,22)50-82(3,4)5)44-76(78(64)92)90-72-40-54(84(9,10)11)26-30-60(72)61-31-27-55(41-73(61)90)85(12,13)14)80(70-48-96-46-68(52)70)94-34-25-35-95-81-67(37-53(2)69-47-97-49-71(69)81)65-39-59(89(23,24)51-83(6,7)8)45-77(79(65)93)91-74-42-56(86(15,16)17)28-32-62(74)63-33-29-57(43-75(63)91)87(18,19)20/h26-33,36-45,92-93H,25,34-35,46-51H2,1-24H3. The third-order valence-electron chi connectivity index (χ3n) is 21.0. The summed E-state index contributed by atoms with van der Waals surface area (Å²) < 4.78 is 19.4. The molecule has 4 heterocycles. The van der Waals surface area contributed by atoms with Crippen molar-refractivity contribution in [1.82, 2.24) is 9.13 Å². The molecule has 2 N–H and O–H groups in total. The van der Waals surface area contributed by atoms with E-state index in [0.717, 1.165) is 103 Å². The minimum absolute atomic E-state index is 0.0328. The van der Waals surface area contributed by atoms with Gasteiger partial charge in [0.25, 0.3) is 0 Å². The maximum atomic E-state index is 13.6. The molecule has 0 amide bonds. The molecule has 8 aromatic carbocycles. The average molecular weight is 1340 g/mol. The predicted molar refractivity (Wildman–Crippen MR) is 420 cm³/mol. The summed E-state index contributed by atoms with van der Waals surface area (Å²) in [5, 5.41) is 31.8. The van der Waals surface area contributed by atoms with E-state index in [4.69, 9.17) is 9.47 Å². The van der Waals surface area contributed by atoms with E-state index in [0.29, 0.717) is 19.6 Å². The predicted octanol–water partition coefficient (Wildman–Crippen LogP) is 25.2. The van der Waals surface area contributed by atoms with Crippen molar-refractivity contribution in [2.24, 2.45) is 10.8 Å². The fraction of sp³-hybridized carbons (Fsp3) is 0.461. The van der Waals surface area contributed by atoms with Crippen LogP contribution in [0.3, 0.4) is 0 Å². The maximum absolute atomic E-state index is 13.6. The molecule has 0 saturated carbocycles. The Kier molecular flexibility index (Phi) is 17.8. The van der Waals surface area contributed by atoms with Gasteiger partial charge in [-0.25, -0.2) is 0 Å². The van der Waals surface area contributed by atoms with Crippen molar-refractivity contribution in [3.63, 3.8) is 0 Å². The molecule has 97 heavy (non-hydrogen) atoms. The van der Waals surface area contributed by atoms with Gasteiger partial charge in [0.2, 0.25) is 0 Å². The van der Waals surface area contributed by atoms with Crippen LogP contribution in [0.25, 0.3) is 77.2 Å². The number of ether oxygens (including phenoxy) is 2. The molecule has 0 spiro atoms. The second kappa shape index (κ2) is 24.6. The Morgan fingerprint density at radius 1 is 0.351 bits per heavy atom. The van der Waals surface area contributed by atoms with Crippen LogP contribution in [-0.4, -0.2) is 32.6 Å². The fourth-order valence-corrected chi connectivity index (χ4v) is 18.7. The van der Waals surface area contributed by atoms with Crippen LogP contribution < -0.4 is 9.47 Å². The molecule has 6 nitrogen and oxygen atoms in total. The molecule has 2 aromatic heterocycles. The third kappa shape index (κ3) is 13.4. The van der Waals surface area contributed by atoms with Crippen LogP contribution in [-0.2, 0) is 55.5 Å². The van der Waals surface area contributed by atoms with Gasteiger partial charge in [-0.15, -0.1) is 0 Å². The number of hydrogen-bond acceptors (Lipinski definition) is 6. The zero-order chi connectivity index (χ0) is 70.4. The lowest BCUT2D eigenvalue weighted by molar-refractivity contribution is 0.246. The summed E-state index contributed by atoms with van der Waals surface area (Å²) in [7, 11) is 0. The van der Waals surface area contributed by atoms with E-state index in [1.807, 2.05) is 23.5 Å². The van der Waals surface area contributed by atoms with Gasteiger partial charge in [-0.3, -0.25) is 0 Å². The monoisotopic (exact) mass is 1330 g/mol. The number of fused-ring (bicyclic) bond motifs is 8. The molecule has 2 aliphatic heterocycles. The van der Waals surface area contributed by atoms with Crippen LogP contribution in [0.2, 0.25) is 0 Å². The summed E-state index contributed by atoms with van der Waals surface area (Å²) in [4.78, 5) is 0. The first-order chi connectivity index (χ1) is 45.0. The molecule has 8 heteroatoms. The molecule has 0 fully saturated rings. The lowest BCUT2D eigenvalue weighted by Crippen LogP contribution is -2.25. The third-order valence-corrected chi connectivity index (χ3v) is 22.9. The fourth-order valence-electron chi connectivity index (χ4n) is 16.2. The number of phenols is 2. The van der Waals surface area contributed by atoms with Gasteiger partial charge >= 0.3 is 0 Å². The van der Waals surface area contributed by atoms with Crippen molar-refractivity contribution in [1.29, 1.82) is 0 Å². The molecule has 0 atom stereocenters. The minimum Gasteiger partial charge on any atom is -0.505 e. The number of nitrogens with zero attached hydrogens (tertiary/aromatic N) is 2. The Balaban J connectivity index is 0.980. The summed E-state index contributed by atoms with van der Waals surface area (Å²) >= 11 is 3.86. The molecule has 10 aromatic rings. The summed E-state index contributed by atoms with van der Waals surface area (Å²) in [6.07, 6.45) is 2.48. The first kappa shape index (κ1) is 70.1. The van der Waals surface area contributed by atoms with E-state index >= 15 is 0 Å². The van der Waals surface area contributed by atoms with Crippen LogP contribution in [0, 0.1) is 24.7 Å². The Bertz CT molecular complexity index is 4330. The Morgan fingerprint density at radius 2 is 0.639 bits per heavy atom. The van der Waals surface area contributed by atoms with Crippen LogP contribution in [0.5, 0.6) is 23.0 Å². The zero-order valence-electron chi connectivity index (χ0n) is 63.2. The highest BCUT2D eigenvalue weighted by atomic mass is 32.2. The summed E-state index contributed by atoms with van der Waals surface area (Å²) in [5.41, 5.74) is 23.3. The molecule has 0 unspecified atom stereocenters. The number of rotatable bonds is 14. The molecule has 0 radical (unpaired) electrons. The zero-order valence-corrected chi connectivity index (χ0v) is 64.8. The minimum atomic E-state index is -0.269. The summed E-state index contributed by atoms with van der Waals surface area (Å²) in [6, 6.07) is 41.5. The Morgan fingerprint density at radius 3 is 0.918 bits per heavy atom. The van der Waals surface area contributed by atoms with Crippen molar-refractivity contribution in [2.45, 2.75) is 241 Å². The van der Waals surface area contributed by atoms with E-state index in [1.54, 1.807) is 0 Å². The van der Waals surface area contributed by atoms with Gasteiger partial charge in [-0.05, 0) is 186 Å². The molecule has 0 bridgehead atoms. The number of thioether (sulfide) groups is 2. The topological polar surface area (TPSA) is 68.8 Å². The van der Waals surface area contributed by atoms with Crippen molar-refractivity contribution < 1.29 is 19.7 Å². The van der Waals surface area contributed by atoms with Crippen LogP contribution in [0.4, 0.5) is 0 Å². The van der Waals surface area contributed by atoms with Crippen LogP contribution in [0.1, 0.15) is 238 Å². The lowest BCUT2D eigenvalue weighted by Gasteiger charge is -2.34. The normalized spacial score (nSPS) is 14.4. The van der Waals surface area contributed by atoms with Crippen molar-refractivity contribution in [2.75, 3.05) is 13.2 Å². The van der Waals surface area contributed by atoms with E-state index in [9.17, 15) is 10.2 Å². The maximum Gasteiger partial charge on any atom is 0.147 e. The van der Waals surface area contributed by atoms with Gasteiger partial charge in [-0.1, -0.05) is 201 Å². The molecular weight excluding hydrogens is 1230 g/mol. The Labute approximate surface area is 589 Å². The van der Waals surface area contributed by atoms with Crippen molar-refractivity contribution in [3.8, 4) is 56.6 Å². The second-order valence-corrected chi connectivity index (χ2v) is 38.7. The quantitative estimate of drug-likeness (QED) is 0.106. The SMILES string of the molecule is Cc1cc(-c2cc(C(C)(C)CC(C)(C)C)cc(-n3c4cc(C(C)(C)C)ccc4c4ccc(C(C)(C)C)cc43)c2O)c(OCCCOc2c(-c3cc(C(C)(C)CC(C)(C)C)cc(-n4c5cc(C(C)(C)C)ccc5c5ccc(C(C)(C)C)cc54)c3O)cc(C)c3c2CSC3)c2c1CSC2. The highest BCUT2D eigenvalue weighted by molar-refractivity contribution is 7.98. The molecule has 0 saturated heterocycles. The molecule has 12 rings (SSSR count). The van der Waals surface area contributed by atoms with Crippen LogP contribution >= 0.6 is 23.5 Å². The van der Waals surface area contributed by atoms with Gasteiger partial charge in [0, 0.05) is 84.4 Å². The number of hydrogen-bond donors (Lipinski definition) is 2. The lowest BCUT2D eigenvalue weighted by atomic mass is 9.71. The summed E-state index contributed by atoms with van der Waals surface area (Å²) in [5.74, 6) is 5.67. The van der Waals surface area contributed by atoms with E-state index in [2.05, 4.69) is 284 Å². The smallest absolute Gasteiger partial charge is 0.147 e. The van der Waals surface area contributed by atoms with E-state index < -0.39 is 0 Å². The molecule has 512 valence electrons. The highest BCUT2D eigenvalue weighted by Gasteiger charge is 2.36. The first-order valence-corrected chi connectivity index (χ1v) is 38.0. The van der Waals surface area contributed by atoms with Gasteiger partial charge < -0.3 is 28.8 Å². The van der Waals surface area contributed by atoms with Gasteiger partial charge in [0.1, 0.15) is 23.0 Å². The second-order valence-electron chi connectivity index (χ2n) is 36.7. The number of aromatic hydroxyl groups is 2. The summed E-state index contributed by atoms with van der Waals surface area (Å²) in [6.45, 7) is 56.1. The number of aromatic nitrogens is 2. The van der Waals surface area contributed by atoms with Gasteiger partial charge in [0.15, 0.2) is 0 Å². The van der Waals surface area contributed by atoms with E-state index in [-0.39, 0.29) is 54.8 Å². The molecule has 0 aliphatic carbocycles. The van der Waals surface area contributed by atoms with Crippen molar-refractivity contribution in [3.05, 3.63) is 176 Å². The van der Waals surface area contributed by atoms with Gasteiger partial charge in [-0.2, -0.15) is 23.5 Å². The Hall–Kier alpha value is -6.74. The number of benzene rings is 8. The molecular formula is C89H110N2O4S2. The van der Waals surface area contributed by atoms with Gasteiger partial charge in [0.05, 0.1) is 46.7 Å². The average Bonchev–Trinajstić information content (AvgIpc) is 1.61.